The molecule has 1 saturated carbocycles. The van der Waals surface area contributed by atoms with Gasteiger partial charge in [0.25, 0.3) is 0 Å². The van der Waals surface area contributed by atoms with Crippen LogP contribution in [0.4, 0.5) is 0 Å². The van der Waals surface area contributed by atoms with Crippen LogP contribution in [0.25, 0.3) is 0 Å². The van der Waals surface area contributed by atoms with Crippen LogP contribution in [0.1, 0.15) is 40.0 Å². The molecule has 0 aromatic heterocycles. The molecule has 1 rings (SSSR count). The van der Waals surface area contributed by atoms with Crippen molar-refractivity contribution in [1.82, 2.24) is 0 Å². The SMILES string of the molecule is C/C=C/CC1(CN)CCC(C)(C)C1O. The fourth-order valence-corrected chi connectivity index (χ4v) is 2.54. The van der Waals surface area contributed by atoms with Gasteiger partial charge in [0.05, 0.1) is 6.10 Å². The van der Waals surface area contributed by atoms with Crippen LogP contribution in [0.2, 0.25) is 0 Å². The normalized spacial score (nSPS) is 36.8. The molecule has 0 aromatic rings. The lowest BCUT2D eigenvalue weighted by molar-refractivity contribution is -0.00332. The van der Waals surface area contributed by atoms with E-state index in [1.54, 1.807) is 0 Å². The predicted molar refractivity (Wildman–Crippen MR) is 59.9 cm³/mol. The van der Waals surface area contributed by atoms with Gasteiger partial charge < -0.3 is 10.8 Å². The van der Waals surface area contributed by atoms with Crippen molar-refractivity contribution in [2.75, 3.05) is 6.54 Å². The Bertz CT molecular complexity index is 222. The number of aliphatic hydroxyl groups is 1. The number of rotatable bonds is 3. The second-order valence-corrected chi connectivity index (χ2v) is 5.23. The average Bonchev–Trinajstić information content (AvgIpc) is 2.39. The lowest BCUT2D eigenvalue weighted by atomic mass is 9.76. The first kappa shape index (κ1) is 11.7. The number of allylic oxidation sites excluding steroid dienone is 2. The third kappa shape index (κ3) is 1.86. The second kappa shape index (κ2) is 4.03. The number of aliphatic hydroxyl groups excluding tert-OH is 1. The summed E-state index contributed by atoms with van der Waals surface area (Å²) >= 11 is 0. The van der Waals surface area contributed by atoms with Gasteiger partial charge in [-0.2, -0.15) is 0 Å². The molecule has 0 aliphatic heterocycles. The largest absolute Gasteiger partial charge is 0.392 e. The van der Waals surface area contributed by atoms with E-state index in [0.717, 1.165) is 19.3 Å². The third-order valence-corrected chi connectivity index (χ3v) is 3.75. The quantitative estimate of drug-likeness (QED) is 0.680. The lowest BCUT2D eigenvalue weighted by Crippen LogP contribution is -2.42. The van der Waals surface area contributed by atoms with Crippen LogP contribution in [0.3, 0.4) is 0 Å². The van der Waals surface area contributed by atoms with E-state index in [1.165, 1.54) is 0 Å². The number of hydrogen-bond acceptors (Lipinski definition) is 2. The number of hydrogen-bond donors (Lipinski definition) is 2. The summed E-state index contributed by atoms with van der Waals surface area (Å²) in [5, 5.41) is 10.3. The summed E-state index contributed by atoms with van der Waals surface area (Å²) in [5.41, 5.74) is 5.78. The van der Waals surface area contributed by atoms with Crippen LogP contribution in [0, 0.1) is 10.8 Å². The minimum absolute atomic E-state index is 0.0287. The van der Waals surface area contributed by atoms with Gasteiger partial charge in [-0.15, -0.1) is 0 Å². The summed E-state index contributed by atoms with van der Waals surface area (Å²) in [6.45, 7) is 6.86. The molecule has 0 amide bonds. The van der Waals surface area contributed by atoms with Crippen LogP contribution in [0.5, 0.6) is 0 Å². The van der Waals surface area contributed by atoms with Gasteiger partial charge in [-0.3, -0.25) is 0 Å². The molecule has 2 atom stereocenters. The zero-order valence-electron chi connectivity index (χ0n) is 9.59. The van der Waals surface area contributed by atoms with Gasteiger partial charge in [-0.1, -0.05) is 26.0 Å². The van der Waals surface area contributed by atoms with Gasteiger partial charge in [-0.05, 0) is 31.6 Å². The van der Waals surface area contributed by atoms with Crippen molar-refractivity contribution >= 4 is 0 Å². The van der Waals surface area contributed by atoms with E-state index in [1.807, 2.05) is 13.0 Å². The van der Waals surface area contributed by atoms with Crippen molar-refractivity contribution in [3.8, 4) is 0 Å². The molecule has 1 fully saturated rings. The highest BCUT2D eigenvalue weighted by Crippen LogP contribution is 2.50. The minimum atomic E-state index is -0.267. The maximum absolute atomic E-state index is 10.3. The molecule has 2 unspecified atom stereocenters. The summed E-state index contributed by atoms with van der Waals surface area (Å²) in [6, 6.07) is 0. The molecule has 2 nitrogen and oxygen atoms in total. The zero-order valence-corrected chi connectivity index (χ0v) is 9.59. The fraction of sp³-hybridized carbons (Fsp3) is 0.833. The van der Waals surface area contributed by atoms with Crippen molar-refractivity contribution in [3.05, 3.63) is 12.2 Å². The lowest BCUT2D eigenvalue weighted by Gasteiger charge is -2.35. The Kier molecular flexibility index (Phi) is 3.38. The van der Waals surface area contributed by atoms with Gasteiger partial charge in [0.1, 0.15) is 0 Å². The molecule has 82 valence electrons. The molecular weight excluding hydrogens is 174 g/mol. The van der Waals surface area contributed by atoms with E-state index in [2.05, 4.69) is 19.9 Å². The Morgan fingerprint density at radius 2 is 2.07 bits per heavy atom. The minimum Gasteiger partial charge on any atom is -0.392 e. The topological polar surface area (TPSA) is 46.2 Å². The van der Waals surface area contributed by atoms with Crippen molar-refractivity contribution in [3.63, 3.8) is 0 Å². The van der Waals surface area contributed by atoms with E-state index in [0.29, 0.717) is 6.54 Å². The van der Waals surface area contributed by atoms with Crippen LogP contribution < -0.4 is 5.73 Å². The highest BCUT2D eigenvalue weighted by atomic mass is 16.3. The van der Waals surface area contributed by atoms with Crippen molar-refractivity contribution in [2.24, 2.45) is 16.6 Å². The summed E-state index contributed by atoms with van der Waals surface area (Å²) in [6.07, 6.45) is 6.92. The summed E-state index contributed by atoms with van der Waals surface area (Å²) in [7, 11) is 0. The molecule has 1 aliphatic rings. The predicted octanol–water partition coefficient (Wildman–Crippen LogP) is 2.08. The molecule has 0 heterocycles. The summed E-state index contributed by atoms with van der Waals surface area (Å²) in [4.78, 5) is 0. The van der Waals surface area contributed by atoms with Gasteiger partial charge in [0, 0.05) is 12.0 Å². The molecule has 0 saturated heterocycles. The Morgan fingerprint density at radius 3 is 2.43 bits per heavy atom. The van der Waals surface area contributed by atoms with Crippen LogP contribution >= 0.6 is 0 Å². The van der Waals surface area contributed by atoms with E-state index >= 15 is 0 Å². The van der Waals surface area contributed by atoms with Gasteiger partial charge >= 0.3 is 0 Å². The number of nitrogens with two attached hydrogens (primary N) is 1. The molecule has 0 aromatic carbocycles. The monoisotopic (exact) mass is 197 g/mol. The van der Waals surface area contributed by atoms with Crippen LogP contribution in [-0.4, -0.2) is 17.8 Å². The Hall–Kier alpha value is -0.340. The molecular formula is C12H23NO. The fourth-order valence-electron chi connectivity index (χ4n) is 2.54. The molecule has 1 aliphatic carbocycles. The van der Waals surface area contributed by atoms with E-state index in [4.69, 9.17) is 5.73 Å². The Balaban J connectivity index is 2.81. The molecule has 0 radical (unpaired) electrons. The molecule has 0 bridgehead atoms. The van der Waals surface area contributed by atoms with E-state index < -0.39 is 0 Å². The van der Waals surface area contributed by atoms with Gasteiger partial charge in [0.2, 0.25) is 0 Å². The van der Waals surface area contributed by atoms with Crippen molar-refractivity contribution < 1.29 is 5.11 Å². The zero-order chi connectivity index (χ0) is 10.8. The summed E-state index contributed by atoms with van der Waals surface area (Å²) in [5.74, 6) is 0. The highest BCUT2D eigenvalue weighted by Gasteiger charge is 2.50. The molecule has 14 heavy (non-hydrogen) atoms. The maximum atomic E-state index is 10.3. The third-order valence-electron chi connectivity index (χ3n) is 3.75. The Morgan fingerprint density at radius 1 is 1.43 bits per heavy atom. The average molecular weight is 197 g/mol. The maximum Gasteiger partial charge on any atom is 0.0662 e. The smallest absolute Gasteiger partial charge is 0.0662 e. The van der Waals surface area contributed by atoms with E-state index in [9.17, 15) is 5.11 Å². The van der Waals surface area contributed by atoms with Gasteiger partial charge in [0.15, 0.2) is 0 Å². The van der Waals surface area contributed by atoms with Crippen LogP contribution in [-0.2, 0) is 0 Å². The van der Waals surface area contributed by atoms with Crippen molar-refractivity contribution in [1.29, 1.82) is 0 Å². The first-order valence-corrected chi connectivity index (χ1v) is 5.48. The highest BCUT2D eigenvalue weighted by molar-refractivity contribution is 5.05. The second-order valence-electron chi connectivity index (χ2n) is 5.23. The first-order chi connectivity index (χ1) is 6.48. The van der Waals surface area contributed by atoms with E-state index in [-0.39, 0.29) is 16.9 Å². The van der Waals surface area contributed by atoms with Crippen LogP contribution in [0.15, 0.2) is 12.2 Å². The van der Waals surface area contributed by atoms with Gasteiger partial charge in [-0.25, -0.2) is 0 Å². The standard InChI is InChI=1S/C12H23NO/c1-4-5-6-12(9-13)8-7-11(2,3)10(12)14/h4-5,10,14H,6-9,13H2,1-3H3/b5-4+. The molecule has 3 N–H and O–H groups in total. The molecule has 2 heteroatoms. The molecule has 0 spiro atoms. The Labute approximate surface area is 87.2 Å². The first-order valence-electron chi connectivity index (χ1n) is 5.48. The summed E-state index contributed by atoms with van der Waals surface area (Å²) < 4.78 is 0. The van der Waals surface area contributed by atoms with Crippen molar-refractivity contribution in [2.45, 2.75) is 46.1 Å².